The van der Waals surface area contributed by atoms with Crippen LogP contribution in [0.2, 0.25) is 5.02 Å². The molecule has 0 aliphatic carbocycles. The van der Waals surface area contributed by atoms with Gasteiger partial charge in [-0.25, -0.2) is 9.78 Å². The fourth-order valence-corrected chi connectivity index (χ4v) is 3.64. The molecule has 130 valence electrons. The van der Waals surface area contributed by atoms with Crippen molar-refractivity contribution in [3.63, 3.8) is 0 Å². The van der Waals surface area contributed by atoms with Crippen molar-refractivity contribution in [2.24, 2.45) is 0 Å². The summed E-state index contributed by atoms with van der Waals surface area (Å²) in [7, 11) is 0. The standard InChI is InChI=1S/C17H15ClN2O4S/c1-4-23-16(22)14-13(8(2)21)9(3)24-15(14)20-17-19-11-6-5-10(18)7-12(11)25-17/h5-7H,4H2,1-3H3,(H,19,20). The van der Waals surface area contributed by atoms with E-state index < -0.39 is 5.97 Å². The summed E-state index contributed by atoms with van der Waals surface area (Å²) in [6.07, 6.45) is 0. The van der Waals surface area contributed by atoms with Gasteiger partial charge in [-0.3, -0.25) is 4.79 Å². The Kier molecular flexibility index (Phi) is 4.78. The number of hydrogen-bond acceptors (Lipinski definition) is 7. The van der Waals surface area contributed by atoms with Gasteiger partial charge in [0.1, 0.15) is 11.3 Å². The Balaban J connectivity index is 2.04. The van der Waals surface area contributed by atoms with E-state index in [1.807, 2.05) is 0 Å². The van der Waals surface area contributed by atoms with Crippen LogP contribution < -0.4 is 5.32 Å². The first-order valence-electron chi connectivity index (χ1n) is 7.55. The van der Waals surface area contributed by atoms with Crippen molar-refractivity contribution in [1.82, 2.24) is 4.98 Å². The Morgan fingerprint density at radius 3 is 2.80 bits per heavy atom. The highest BCUT2D eigenvalue weighted by atomic mass is 35.5. The number of halogens is 1. The smallest absolute Gasteiger partial charge is 0.344 e. The van der Waals surface area contributed by atoms with Crippen LogP contribution in [0.4, 0.5) is 11.0 Å². The monoisotopic (exact) mass is 378 g/mol. The largest absolute Gasteiger partial charge is 0.462 e. The Morgan fingerprint density at radius 1 is 1.36 bits per heavy atom. The summed E-state index contributed by atoms with van der Waals surface area (Å²) < 4.78 is 11.6. The molecule has 0 fully saturated rings. The van der Waals surface area contributed by atoms with E-state index in [1.54, 1.807) is 32.0 Å². The van der Waals surface area contributed by atoms with Crippen molar-refractivity contribution in [3.05, 3.63) is 40.1 Å². The Bertz CT molecular complexity index is 977. The lowest BCUT2D eigenvalue weighted by Crippen LogP contribution is -2.11. The molecule has 3 aromatic rings. The van der Waals surface area contributed by atoms with E-state index in [2.05, 4.69) is 10.3 Å². The lowest BCUT2D eigenvalue weighted by Gasteiger charge is -2.04. The maximum atomic E-state index is 12.3. The molecule has 0 aliphatic heterocycles. The van der Waals surface area contributed by atoms with Gasteiger partial charge in [0.2, 0.25) is 5.88 Å². The topological polar surface area (TPSA) is 81.4 Å². The van der Waals surface area contributed by atoms with Crippen molar-refractivity contribution in [2.45, 2.75) is 20.8 Å². The number of benzene rings is 1. The van der Waals surface area contributed by atoms with Gasteiger partial charge >= 0.3 is 5.97 Å². The predicted molar refractivity (Wildman–Crippen MR) is 97.3 cm³/mol. The van der Waals surface area contributed by atoms with Crippen LogP contribution in [0, 0.1) is 6.92 Å². The number of rotatable bonds is 5. The van der Waals surface area contributed by atoms with Gasteiger partial charge in [-0.05, 0) is 39.0 Å². The van der Waals surface area contributed by atoms with Gasteiger partial charge in [0.15, 0.2) is 10.9 Å². The molecule has 0 saturated carbocycles. The zero-order valence-corrected chi connectivity index (χ0v) is 15.4. The maximum Gasteiger partial charge on any atom is 0.344 e. The molecule has 25 heavy (non-hydrogen) atoms. The number of Topliss-reactive ketones (excluding diaryl/α,β-unsaturated/α-hetero) is 1. The molecule has 2 aromatic heterocycles. The first kappa shape index (κ1) is 17.4. The minimum absolute atomic E-state index is 0.0872. The van der Waals surface area contributed by atoms with Crippen molar-refractivity contribution < 1.29 is 18.7 Å². The summed E-state index contributed by atoms with van der Waals surface area (Å²) >= 11 is 7.35. The molecule has 0 bridgehead atoms. The summed E-state index contributed by atoms with van der Waals surface area (Å²) in [4.78, 5) is 28.6. The molecule has 1 aromatic carbocycles. The fourth-order valence-electron chi connectivity index (χ4n) is 2.50. The molecular formula is C17H15ClN2O4S. The van der Waals surface area contributed by atoms with Crippen molar-refractivity contribution in [2.75, 3.05) is 11.9 Å². The Morgan fingerprint density at radius 2 is 2.12 bits per heavy atom. The van der Waals surface area contributed by atoms with E-state index in [1.165, 1.54) is 18.3 Å². The number of hydrogen-bond donors (Lipinski definition) is 1. The molecular weight excluding hydrogens is 364 g/mol. The summed E-state index contributed by atoms with van der Waals surface area (Å²) in [6.45, 7) is 4.90. The first-order chi connectivity index (χ1) is 11.9. The zero-order valence-electron chi connectivity index (χ0n) is 13.8. The molecule has 2 heterocycles. The van der Waals surface area contributed by atoms with E-state index in [0.717, 1.165) is 10.2 Å². The van der Waals surface area contributed by atoms with Gasteiger partial charge < -0.3 is 14.5 Å². The third kappa shape index (κ3) is 3.38. The highest BCUT2D eigenvalue weighted by Crippen LogP contribution is 2.34. The number of nitrogens with zero attached hydrogens (tertiary/aromatic N) is 1. The summed E-state index contributed by atoms with van der Waals surface area (Å²) in [5, 5.41) is 4.12. The van der Waals surface area contributed by atoms with E-state index in [9.17, 15) is 9.59 Å². The number of ether oxygens (including phenoxy) is 1. The molecule has 0 saturated heterocycles. The van der Waals surface area contributed by atoms with Crippen LogP contribution in [0.25, 0.3) is 10.2 Å². The SMILES string of the molecule is CCOC(=O)c1c(Nc2nc3ccc(Cl)cc3s2)oc(C)c1C(C)=O. The van der Waals surface area contributed by atoms with Crippen LogP contribution in [0.15, 0.2) is 22.6 Å². The number of nitrogens with one attached hydrogen (secondary N) is 1. The molecule has 6 nitrogen and oxygen atoms in total. The number of carbonyl (C=O) groups is 2. The van der Waals surface area contributed by atoms with E-state index in [4.69, 9.17) is 20.8 Å². The second kappa shape index (κ2) is 6.85. The molecule has 3 rings (SSSR count). The van der Waals surface area contributed by atoms with E-state index in [-0.39, 0.29) is 29.4 Å². The second-order valence-corrected chi connectivity index (χ2v) is 6.74. The average Bonchev–Trinajstić information content (AvgIpc) is 3.07. The van der Waals surface area contributed by atoms with Crippen LogP contribution in [0.5, 0.6) is 0 Å². The first-order valence-corrected chi connectivity index (χ1v) is 8.74. The van der Waals surface area contributed by atoms with Crippen LogP contribution in [-0.4, -0.2) is 23.3 Å². The van der Waals surface area contributed by atoms with Gasteiger partial charge in [0.05, 0.1) is 22.4 Å². The molecule has 8 heteroatoms. The van der Waals surface area contributed by atoms with Gasteiger partial charge in [0, 0.05) is 5.02 Å². The number of furan rings is 1. The molecule has 0 atom stereocenters. The second-order valence-electron chi connectivity index (χ2n) is 5.27. The lowest BCUT2D eigenvalue weighted by atomic mass is 10.1. The molecule has 0 unspecified atom stereocenters. The maximum absolute atomic E-state index is 12.3. The summed E-state index contributed by atoms with van der Waals surface area (Å²) in [5.74, 6) is -0.391. The minimum Gasteiger partial charge on any atom is -0.462 e. The minimum atomic E-state index is -0.615. The zero-order chi connectivity index (χ0) is 18.1. The fraction of sp³-hybridized carbons (Fsp3) is 0.235. The molecule has 0 amide bonds. The Hall–Kier alpha value is -2.38. The number of anilines is 2. The summed E-state index contributed by atoms with van der Waals surface area (Å²) in [5.41, 5.74) is 1.07. The van der Waals surface area contributed by atoms with Gasteiger partial charge in [-0.2, -0.15) is 0 Å². The highest BCUT2D eigenvalue weighted by Gasteiger charge is 2.28. The normalized spacial score (nSPS) is 10.9. The number of esters is 1. The average molecular weight is 379 g/mol. The number of thiazole rings is 1. The number of fused-ring (bicyclic) bond motifs is 1. The highest BCUT2D eigenvalue weighted by molar-refractivity contribution is 7.22. The molecule has 1 N–H and O–H groups in total. The van der Waals surface area contributed by atoms with Gasteiger partial charge in [-0.15, -0.1) is 0 Å². The lowest BCUT2D eigenvalue weighted by molar-refractivity contribution is 0.0524. The number of carbonyl (C=O) groups excluding carboxylic acids is 2. The van der Waals surface area contributed by atoms with Gasteiger partial charge in [-0.1, -0.05) is 22.9 Å². The van der Waals surface area contributed by atoms with Crippen molar-refractivity contribution in [3.8, 4) is 0 Å². The summed E-state index contributed by atoms with van der Waals surface area (Å²) in [6, 6.07) is 5.36. The number of aryl methyl sites for hydroxylation is 1. The van der Waals surface area contributed by atoms with Crippen LogP contribution >= 0.6 is 22.9 Å². The van der Waals surface area contributed by atoms with E-state index >= 15 is 0 Å². The third-order valence-corrected chi connectivity index (χ3v) is 4.66. The van der Waals surface area contributed by atoms with Crippen LogP contribution in [0.3, 0.4) is 0 Å². The Labute approximate surface area is 152 Å². The van der Waals surface area contributed by atoms with Crippen molar-refractivity contribution >= 4 is 55.9 Å². The molecule has 0 spiro atoms. The quantitative estimate of drug-likeness (QED) is 0.498. The van der Waals surface area contributed by atoms with Crippen LogP contribution in [0.1, 0.15) is 40.3 Å². The van der Waals surface area contributed by atoms with Crippen molar-refractivity contribution in [1.29, 1.82) is 0 Å². The van der Waals surface area contributed by atoms with Crippen LogP contribution in [-0.2, 0) is 4.74 Å². The third-order valence-electron chi connectivity index (χ3n) is 3.49. The molecule has 0 aliphatic rings. The van der Waals surface area contributed by atoms with E-state index in [0.29, 0.717) is 15.9 Å². The van der Waals surface area contributed by atoms with Gasteiger partial charge in [0.25, 0.3) is 0 Å². The molecule has 0 radical (unpaired) electrons. The number of aromatic nitrogens is 1. The number of ketones is 1. The predicted octanol–water partition coefficient (Wildman–Crippen LogP) is 4.97.